The fourth-order valence-corrected chi connectivity index (χ4v) is 2.96. The standard InChI is InChI=1S/C22H29NO6/c1-5-27-18-6-8-19(9-7-18)28-12-10-22(25)29-15-21(24)20-14-16(2)23(17(20)3)11-13-26-4/h6-9,14H,5,10-13,15H2,1-4H3. The molecule has 0 unspecified atom stereocenters. The number of rotatable bonds is 12. The fourth-order valence-electron chi connectivity index (χ4n) is 2.96. The van der Waals surface area contributed by atoms with E-state index < -0.39 is 5.97 Å². The van der Waals surface area contributed by atoms with E-state index in [0.717, 1.165) is 17.1 Å². The van der Waals surface area contributed by atoms with Gasteiger partial charge < -0.3 is 23.5 Å². The minimum absolute atomic E-state index is 0.0628. The van der Waals surface area contributed by atoms with Crippen molar-refractivity contribution in [2.45, 2.75) is 33.7 Å². The average Bonchev–Trinajstić information content (AvgIpc) is 3.00. The van der Waals surface area contributed by atoms with Crippen molar-refractivity contribution < 1.29 is 28.5 Å². The summed E-state index contributed by atoms with van der Waals surface area (Å²) in [5.41, 5.74) is 2.38. The first kappa shape index (κ1) is 22.5. The largest absolute Gasteiger partial charge is 0.494 e. The van der Waals surface area contributed by atoms with E-state index >= 15 is 0 Å². The third-order valence-electron chi connectivity index (χ3n) is 4.47. The molecule has 2 aromatic rings. The van der Waals surface area contributed by atoms with Crippen LogP contribution in [0.2, 0.25) is 0 Å². The van der Waals surface area contributed by atoms with Crippen molar-refractivity contribution in [1.82, 2.24) is 4.57 Å². The van der Waals surface area contributed by atoms with Gasteiger partial charge in [0.2, 0.25) is 5.78 Å². The van der Waals surface area contributed by atoms with Gasteiger partial charge in [0.05, 0.1) is 26.2 Å². The summed E-state index contributed by atoms with van der Waals surface area (Å²) in [7, 11) is 1.64. The van der Waals surface area contributed by atoms with Crippen molar-refractivity contribution in [2.24, 2.45) is 0 Å². The second-order valence-electron chi connectivity index (χ2n) is 6.52. The number of aryl methyl sites for hydroxylation is 1. The Morgan fingerprint density at radius 1 is 1.00 bits per heavy atom. The van der Waals surface area contributed by atoms with Gasteiger partial charge in [-0.3, -0.25) is 9.59 Å². The van der Waals surface area contributed by atoms with Gasteiger partial charge in [-0.1, -0.05) is 0 Å². The van der Waals surface area contributed by atoms with E-state index in [4.69, 9.17) is 18.9 Å². The van der Waals surface area contributed by atoms with Crippen molar-refractivity contribution in [3.8, 4) is 11.5 Å². The van der Waals surface area contributed by atoms with E-state index in [9.17, 15) is 9.59 Å². The van der Waals surface area contributed by atoms with Gasteiger partial charge in [0.15, 0.2) is 6.61 Å². The molecular formula is C22H29NO6. The Labute approximate surface area is 171 Å². The predicted molar refractivity (Wildman–Crippen MR) is 109 cm³/mol. The summed E-state index contributed by atoms with van der Waals surface area (Å²) in [6.45, 7) is 7.45. The van der Waals surface area contributed by atoms with Crippen LogP contribution in [0.1, 0.15) is 35.1 Å². The van der Waals surface area contributed by atoms with Crippen LogP contribution < -0.4 is 9.47 Å². The maximum atomic E-state index is 12.4. The molecule has 0 saturated heterocycles. The molecule has 0 N–H and O–H groups in total. The van der Waals surface area contributed by atoms with Gasteiger partial charge in [-0.25, -0.2) is 0 Å². The van der Waals surface area contributed by atoms with Gasteiger partial charge in [-0.15, -0.1) is 0 Å². The van der Waals surface area contributed by atoms with Gasteiger partial charge >= 0.3 is 5.97 Å². The maximum absolute atomic E-state index is 12.4. The number of esters is 1. The number of nitrogens with zero attached hydrogens (tertiary/aromatic N) is 1. The lowest BCUT2D eigenvalue weighted by molar-refractivity contribution is -0.143. The average molecular weight is 403 g/mol. The summed E-state index contributed by atoms with van der Waals surface area (Å²) in [6, 6.07) is 8.98. The number of hydrogen-bond acceptors (Lipinski definition) is 6. The lowest BCUT2D eigenvalue weighted by atomic mass is 10.1. The third-order valence-corrected chi connectivity index (χ3v) is 4.47. The molecule has 1 aromatic heterocycles. The summed E-state index contributed by atoms with van der Waals surface area (Å²) in [4.78, 5) is 24.3. The molecule has 0 fully saturated rings. The van der Waals surface area contributed by atoms with Crippen LogP contribution >= 0.6 is 0 Å². The topological polar surface area (TPSA) is 76.0 Å². The number of aromatic nitrogens is 1. The normalized spacial score (nSPS) is 10.6. The smallest absolute Gasteiger partial charge is 0.309 e. The highest BCUT2D eigenvalue weighted by atomic mass is 16.5. The third kappa shape index (κ3) is 6.64. The van der Waals surface area contributed by atoms with Gasteiger partial charge in [0, 0.05) is 30.6 Å². The Balaban J connectivity index is 1.76. The molecule has 29 heavy (non-hydrogen) atoms. The van der Waals surface area contributed by atoms with Crippen LogP contribution in [0.15, 0.2) is 30.3 Å². The Morgan fingerprint density at radius 2 is 1.66 bits per heavy atom. The molecule has 7 heteroatoms. The Hall–Kier alpha value is -2.80. The van der Waals surface area contributed by atoms with Crippen LogP contribution in [0.5, 0.6) is 11.5 Å². The molecule has 0 saturated carbocycles. The monoisotopic (exact) mass is 403 g/mol. The van der Waals surface area contributed by atoms with E-state index in [1.165, 1.54) is 0 Å². The molecule has 0 aliphatic carbocycles. The zero-order chi connectivity index (χ0) is 21.2. The van der Waals surface area contributed by atoms with E-state index in [1.54, 1.807) is 31.4 Å². The van der Waals surface area contributed by atoms with Crippen molar-refractivity contribution in [2.75, 3.05) is 33.5 Å². The van der Waals surface area contributed by atoms with Crippen LogP contribution in [0, 0.1) is 13.8 Å². The number of ether oxygens (including phenoxy) is 4. The SMILES string of the molecule is CCOc1ccc(OCCC(=O)OCC(=O)c2cc(C)n(CCOC)c2C)cc1. The molecule has 7 nitrogen and oxygen atoms in total. The number of benzene rings is 1. The van der Waals surface area contributed by atoms with Gasteiger partial charge in [-0.2, -0.15) is 0 Å². The molecule has 158 valence electrons. The first-order chi connectivity index (χ1) is 14.0. The summed E-state index contributed by atoms with van der Waals surface area (Å²) < 4.78 is 23.1. The summed E-state index contributed by atoms with van der Waals surface area (Å²) >= 11 is 0. The van der Waals surface area contributed by atoms with Crippen LogP contribution in [-0.4, -0.2) is 49.9 Å². The molecule has 0 spiro atoms. The minimum atomic E-state index is -0.475. The molecule has 0 bridgehead atoms. The number of carbonyl (C=O) groups is 2. The van der Waals surface area contributed by atoms with Crippen molar-refractivity contribution in [1.29, 1.82) is 0 Å². The van der Waals surface area contributed by atoms with E-state index in [0.29, 0.717) is 31.1 Å². The molecular weight excluding hydrogens is 374 g/mol. The van der Waals surface area contributed by atoms with E-state index in [1.807, 2.05) is 31.4 Å². The van der Waals surface area contributed by atoms with Crippen LogP contribution in [0.4, 0.5) is 0 Å². The van der Waals surface area contributed by atoms with Gasteiger partial charge in [0.25, 0.3) is 0 Å². The fraction of sp³-hybridized carbons (Fsp3) is 0.455. The molecule has 1 heterocycles. The predicted octanol–water partition coefficient (Wildman–Crippen LogP) is 3.35. The Morgan fingerprint density at radius 3 is 2.28 bits per heavy atom. The Kier molecular flexibility index (Phi) is 8.73. The molecule has 0 aliphatic rings. The zero-order valence-corrected chi connectivity index (χ0v) is 17.5. The quantitative estimate of drug-likeness (QED) is 0.400. The number of hydrogen-bond donors (Lipinski definition) is 0. The molecule has 0 amide bonds. The second kappa shape index (κ2) is 11.3. The summed E-state index contributed by atoms with van der Waals surface area (Å²) in [5.74, 6) is 0.709. The van der Waals surface area contributed by atoms with Crippen LogP contribution in [0.25, 0.3) is 0 Å². The molecule has 0 aliphatic heterocycles. The van der Waals surface area contributed by atoms with Crippen LogP contribution in [-0.2, 0) is 20.8 Å². The number of ketones is 1. The number of Topliss-reactive ketones (excluding diaryl/α,β-unsaturated/α-hetero) is 1. The summed E-state index contributed by atoms with van der Waals surface area (Å²) in [5, 5.41) is 0. The highest BCUT2D eigenvalue weighted by Crippen LogP contribution is 2.18. The van der Waals surface area contributed by atoms with Crippen molar-refractivity contribution >= 4 is 11.8 Å². The number of methoxy groups -OCH3 is 1. The van der Waals surface area contributed by atoms with Gasteiger partial charge in [-0.05, 0) is 51.1 Å². The van der Waals surface area contributed by atoms with Crippen molar-refractivity contribution in [3.63, 3.8) is 0 Å². The Bertz CT molecular complexity index is 809. The summed E-state index contributed by atoms with van der Waals surface area (Å²) in [6.07, 6.45) is 0.0628. The molecule has 2 rings (SSSR count). The van der Waals surface area contributed by atoms with E-state index in [-0.39, 0.29) is 25.4 Å². The number of carbonyl (C=O) groups excluding carboxylic acids is 2. The lowest BCUT2D eigenvalue weighted by Crippen LogP contribution is -2.17. The van der Waals surface area contributed by atoms with E-state index in [2.05, 4.69) is 0 Å². The highest BCUT2D eigenvalue weighted by Gasteiger charge is 2.17. The zero-order valence-electron chi connectivity index (χ0n) is 17.5. The minimum Gasteiger partial charge on any atom is -0.494 e. The highest BCUT2D eigenvalue weighted by molar-refractivity contribution is 5.99. The second-order valence-corrected chi connectivity index (χ2v) is 6.52. The first-order valence-electron chi connectivity index (χ1n) is 9.66. The first-order valence-corrected chi connectivity index (χ1v) is 9.66. The van der Waals surface area contributed by atoms with Crippen LogP contribution in [0.3, 0.4) is 0 Å². The molecule has 0 radical (unpaired) electrons. The van der Waals surface area contributed by atoms with Crippen molar-refractivity contribution in [3.05, 3.63) is 47.3 Å². The lowest BCUT2D eigenvalue weighted by Gasteiger charge is -2.09. The van der Waals surface area contributed by atoms with Gasteiger partial charge in [0.1, 0.15) is 11.5 Å². The molecule has 1 aromatic carbocycles. The molecule has 0 atom stereocenters. The maximum Gasteiger partial charge on any atom is 0.309 e.